The fourth-order valence-corrected chi connectivity index (χ4v) is 3.36. The summed E-state index contributed by atoms with van der Waals surface area (Å²) in [6.45, 7) is 4.15. The van der Waals surface area contributed by atoms with Crippen LogP contribution in [0.5, 0.6) is 0 Å². The molecule has 162 valence electrons. The number of aryl methyl sites for hydroxylation is 1. The Bertz CT molecular complexity index is 1140. The Morgan fingerprint density at radius 2 is 2.03 bits per heavy atom. The van der Waals surface area contributed by atoms with Crippen molar-refractivity contribution in [1.29, 1.82) is 0 Å². The molecule has 1 amide bonds. The molecule has 1 aliphatic rings. The third kappa shape index (κ3) is 4.34. The normalized spacial score (nSPS) is 15.5. The van der Waals surface area contributed by atoms with E-state index in [1.807, 2.05) is 0 Å². The maximum atomic E-state index is 13.4. The highest BCUT2D eigenvalue weighted by Crippen LogP contribution is 2.36. The smallest absolute Gasteiger partial charge is 0.282 e. The van der Waals surface area contributed by atoms with Crippen molar-refractivity contribution in [3.05, 3.63) is 52.9 Å². The van der Waals surface area contributed by atoms with E-state index in [0.717, 1.165) is 0 Å². The number of hydrogen-bond donors (Lipinski definition) is 1. The first-order chi connectivity index (χ1) is 14.5. The number of anilines is 1. The van der Waals surface area contributed by atoms with Gasteiger partial charge in [0.05, 0.1) is 24.8 Å². The first kappa shape index (κ1) is 21.1. The summed E-state index contributed by atoms with van der Waals surface area (Å²) in [6.07, 6.45) is 1.26. The van der Waals surface area contributed by atoms with Crippen LogP contribution in [-0.2, 0) is 5.54 Å². The summed E-state index contributed by atoms with van der Waals surface area (Å²) in [4.78, 5) is 27.2. The predicted octanol–water partition coefficient (Wildman–Crippen LogP) is 3.61. The second kappa shape index (κ2) is 7.52. The second-order valence-corrected chi connectivity index (χ2v) is 8.30. The lowest BCUT2D eigenvalue weighted by atomic mass is 10.0. The number of amides is 1. The van der Waals surface area contributed by atoms with Crippen molar-refractivity contribution in [2.75, 3.05) is 18.0 Å². The number of carbonyl (C=O) groups excluding carboxylic acids is 1. The van der Waals surface area contributed by atoms with E-state index in [4.69, 9.17) is 16.1 Å². The minimum Gasteiger partial charge on any atom is -0.343 e. The van der Waals surface area contributed by atoms with Gasteiger partial charge < -0.3 is 14.7 Å². The van der Waals surface area contributed by atoms with Crippen LogP contribution in [0.15, 0.2) is 35.0 Å². The minimum atomic E-state index is -2.78. The van der Waals surface area contributed by atoms with Gasteiger partial charge in [0.15, 0.2) is 11.6 Å². The number of halogens is 3. The molecule has 3 heterocycles. The van der Waals surface area contributed by atoms with Crippen LogP contribution in [0.3, 0.4) is 0 Å². The van der Waals surface area contributed by atoms with E-state index in [1.54, 1.807) is 45.0 Å². The Hall–Kier alpha value is -3.14. The van der Waals surface area contributed by atoms with Crippen LogP contribution in [0.4, 0.5) is 14.6 Å². The van der Waals surface area contributed by atoms with E-state index < -0.39 is 30.5 Å². The molecule has 0 atom stereocenters. The maximum Gasteiger partial charge on any atom is 0.282 e. The summed E-state index contributed by atoms with van der Waals surface area (Å²) in [6, 6.07) is 6.76. The van der Waals surface area contributed by atoms with Crippen LogP contribution in [0.1, 0.15) is 36.1 Å². The Morgan fingerprint density at radius 1 is 1.29 bits per heavy atom. The van der Waals surface area contributed by atoms with Gasteiger partial charge in [0.2, 0.25) is 5.89 Å². The molecule has 1 fully saturated rings. The molecule has 1 aliphatic heterocycles. The molecule has 0 spiro atoms. The van der Waals surface area contributed by atoms with E-state index in [2.05, 4.69) is 25.4 Å². The SMILES string of the molecule is Cc1nc(C(C)(C)NC(=O)c2cnc(N3CC(F)(F)C3)c(-c3cccc(Cl)c3)n2)no1. The molecule has 1 aromatic carbocycles. The van der Waals surface area contributed by atoms with Gasteiger partial charge in [-0.1, -0.05) is 28.9 Å². The van der Waals surface area contributed by atoms with Gasteiger partial charge in [-0.05, 0) is 26.0 Å². The van der Waals surface area contributed by atoms with E-state index in [-0.39, 0.29) is 11.5 Å². The van der Waals surface area contributed by atoms with Gasteiger partial charge in [0.1, 0.15) is 11.4 Å². The highest BCUT2D eigenvalue weighted by molar-refractivity contribution is 6.30. The fourth-order valence-electron chi connectivity index (χ4n) is 3.17. The maximum absolute atomic E-state index is 13.4. The van der Waals surface area contributed by atoms with Crippen molar-refractivity contribution in [3.8, 4) is 11.3 Å². The number of benzene rings is 1. The fraction of sp³-hybridized carbons (Fsp3) is 0.350. The number of hydrogen-bond acceptors (Lipinski definition) is 7. The number of nitrogens with zero attached hydrogens (tertiary/aromatic N) is 5. The first-order valence-electron chi connectivity index (χ1n) is 9.43. The van der Waals surface area contributed by atoms with Gasteiger partial charge in [0.25, 0.3) is 11.8 Å². The Morgan fingerprint density at radius 3 is 2.65 bits per heavy atom. The van der Waals surface area contributed by atoms with Crippen LogP contribution in [-0.4, -0.2) is 45.0 Å². The standard InChI is InChI=1S/C20H19ClF2N6O2/c1-11-25-18(28-31-11)19(2,3)27-17(30)14-8-24-16(29-9-20(22,23)10-29)15(26-14)12-5-4-6-13(21)7-12/h4-8H,9-10H2,1-3H3,(H,27,30). The quantitative estimate of drug-likeness (QED) is 0.636. The van der Waals surface area contributed by atoms with Crippen molar-refractivity contribution in [2.45, 2.75) is 32.2 Å². The zero-order chi connectivity index (χ0) is 22.4. The number of nitrogens with one attached hydrogen (secondary N) is 1. The van der Waals surface area contributed by atoms with Gasteiger partial charge in [-0.15, -0.1) is 0 Å². The Kier molecular flexibility index (Phi) is 5.12. The molecule has 0 aliphatic carbocycles. The summed E-state index contributed by atoms with van der Waals surface area (Å²) in [5.74, 6) is -2.37. The van der Waals surface area contributed by atoms with Crippen molar-refractivity contribution in [1.82, 2.24) is 25.4 Å². The minimum absolute atomic E-state index is 0.0132. The zero-order valence-electron chi connectivity index (χ0n) is 17.0. The Balaban J connectivity index is 1.67. The van der Waals surface area contributed by atoms with Crippen molar-refractivity contribution < 1.29 is 18.1 Å². The monoisotopic (exact) mass is 448 g/mol. The molecule has 3 aromatic rings. The van der Waals surface area contributed by atoms with Crippen LogP contribution in [0, 0.1) is 6.92 Å². The van der Waals surface area contributed by atoms with Gasteiger partial charge in [0, 0.05) is 17.5 Å². The molecule has 1 saturated heterocycles. The lowest BCUT2D eigenvalue weighted by Gasteiger charge is -2.40. The molecule has 8 nitrogen and oxygen atoms in total. The molecule has 4 rings (SSSR count). The third-order valence-corrected chi connectivity index (χ3v) is 4.98. The number of alkyl halides is 2. The lowest BCUT2D eigenvalue weighted by molar-refractivity contribution is -0.0266. The summed E-state index contributed by atoms with van der Waals surface area (Å²) < 4.78 is 31.9. The van der Waals surface area contributed by atoms with E-state index in [1.165, 1.54) is 11.1 Å². The predicted molar refractivity (Wildman–Crippen MR) is 109 cm³/mol. The molecule has 0 radical (unpaired) electrons. The van der Waals surface area contributed by atoms with Crippen LogP contribution in [0.2, 0.25) is 5.02 Å². The van der Waals surface area contributed by atoms with E-state index in [0.29, 0.717) is 28.0 Å². The second-order valence-electron chi connectivity index (χ2n) is 7.87. The molecular formula is C20H19ClF2N6O2. The van der Waals surface area contributed by atoms with Crippen molar-refractivity contribution in [3.63, 3.8) is 0 Å². The summed E-state index contributed by atoms with van der Waals surface area (Å²) in [5, 5.41) is 7.09. The molecule has 11 heteroatoms. The van der Waals surface area contributed by atoms with E-state index >= 15 is 0 Å². The van der Waals surface area contributed by atoms with Crippen LogP contribution < -0.4 is 10.2 Å². The molecular weight excluding hydrogens is 430 g/mol. The lowest BCUT2D eigenvalue weighted by Crippen LogP contribution is -2.57. The number of carbonyl (C=O) groups is 1. The zero-order valence-corrected chi connectivity index (χ0v) is 17.7. The summed E-state index contributed by atoms with van der Waals surface area (Å²) >= 11 is 6.10. The molecule has 2 aromatic heterocycles. The summed E-state index contributed by atoms with van der Waals surface area (Å²) in [7, 11) is 0. The molecule has 0 bridgehead atoms. The molecule has 31 heavy (non-hydrogen) atoms. The third-order valence-electron chi connectivity index (χ3n) is 4.74. The van der Waals surface area contributed by atoms with Gasteiger partial charge >= 0.3 is 0 Å². The average Bonchev–Trinajstić information content (AvgIpc) is 3.12. The van der Waals surface area contributed by atoms with Gasteiger partial charge in [-0.3, -0.25) is 4.79 Å². The van der Waals surface area contributed by atoms with E-state index in [9.17, 15) is 13.6 Å². The molecule has 1 N–H and O–H groups in total. The Labute approximate surface area is 181 Å². The first-order valence-corrected chi connectivity index (χ1v) is 9.81. The topological polar surface area (TPSA) is 97.0 Å². The summed E-state index contributed by atoms with van der Waals surface area (Å²) in [5.41, 5.74) is -0.0728. The van der Waals surface area contributed by atoms with Gasteiger partial charge in [-0.2, -0.15) is 4.98 Å². The number of rotatable bonds is 5. The highest BCUT2D eigenvalue weighted by atomic mass is 35.5. The van der Waals surface area contributed by atoms with Gasteiger partial charge in [-0.25, -0.2) is 18.7 Å². The largest absolute Gasteiger partial charge is 0.343 e. The van der Waals surface area contributed by atoms with Crippen LogP contribution >= 0.6 is 11.6 Å². The molecule has 0 saturated carbocycles. The van der Waals surface area contributed by atoms with Crippen molar-refractivity contribution >= 4 is 23.3 Å². The number of aromatic nitrogens is 4. The average molecular weight is 449 g/mol. The van der Waals surface area contributed by atoms with Crippen LogP contribution in [0.25, 0.3) is 11.3 Å². The highest BCUT2D eigenvalue weighted by Gasteiger charge is 2.45. The molecule has 0 unspecified atom stereocenters. The van der Waals surface area contributed by atoms with Crippen molar-refractivity contribution in [2.24, 2.45) is 0 Å².